The predicted octanol–water partition coefficient (Wildman–Crippen LogP) is 1.06. The van der Waals surface area contributed by atoms with Gasteiger partial charge in [0.25, 0.3) is 5.95 Å². The third kappa shape index (κ3) is 3.31. The first-order valence-corrected chi connectivity index (χ1v) is 7.25. The van der Waals surface area contributed by atoms with Crippen LogP contribution in [0.1, 0.15) is 10.7 Å². The van der Waals surface area contributed by atoms with Gasteiger partial charge < -0.3 is 11.1 Å². The molecule has 0 fully saturated rings. The number of nitrogen functional groups attached to an aromatic ring is 1. The number of hydrogen-bond acceptors (Lipinski definition) is 8. The monoisotopic (exact) mass is 302 g/mol. The van der Waals surface area contributed by atoms with E-state index in [-0.39, 0.29) is 5.95 Å². The van der Waals surface area contributed by atoms with E-state index < -0.39 is 0 Å². The SMILES string of the molecule is Cc1nc(CCNc2nc(N)nc(-n3cccn3)n2)cs1. The Balaban J connectivity index is 1.68. The molecule has 0 saturated carbocycles. The summed E-state index contributed by atoms with van der Waals surface area (Å²) in [5.41, 5.74) is 6.75. The molecule has 3 aromatic rings. The van der Waals surface area contributed by atoms with Gasteiger partial charge in [0, 0.05) is 30.7 Å². The van der Waals surface area contributed by atoms with Crippen molar-refractivity contribution in [3.63, 3.8) is 0 Å². The van der Waals surface area contributed by atoms with E-state index in [9.17, 15) is 0 Å². The van der Waals surface area contributed by atoms with Gasteiger partial charge in [0.1, 0.15) is 0 Å². The fourth-order valence-corrected chi connectivity index (χ4v) is 2.42. The van der Waals surface area contributed by atoms with Crippen LogP contribution in [0, 0.1) is 6.92 Å². The largest absolute Gasteiger partial charge is 0.368 e. The molecule has 3 rings (SSSR count). The lowest BCUT2D eigenvalue weighted by atomic mass is 10.3. The van der Waals surface area contributed by atoms with Crippen molar-refractivity contribution >= 4 is 23.2 Å². The number of nitrogens with two attached hydrogens (primary N) is 1. The quantitative estimate of drug-likeness (QED) is 0.725. The Hall–Kier alpha value is -2.55. The van der Waals surface area contributed by atoms with Crippen LogP contribution >= 0.6 is 11.3 Å². The van der Waals surface area contributed by atoms with Gasteiger partial charge in [0.15, 0.2) is 0 Å². The molecule has 8 nitrogen and oxygen atoms in total. The van der Waals surface area contributed by atoms with E-state index in [1.165, 1.54) is 4.68 Å². The summed E-state index contributed by atoms with van der Waals surface area (Å²) in [6.45, 7) is 2.66. The summed E-state index contributed by atoms with van der Waals surface area (Å²) >= 11 is 1.64. The summed E-state index contributed by atoms with van der Waals surface area (Å²) in [4.78, 5) is 16.8. The van der Waals surface area contributed by atoms with Crippen molar-refractivity contribution in [2.75, 3.05) is 17.6 Å². The van der Waals surface area contributed by atoms with Gasteiger partial charge in [-0.3, -0.25) is 0 Å². The number of hydrogen-bond donors (Lipinski definition) is 2. The minimum Gasteiger partial charge on any atom is -0.368 e. The molecular formula is C12H14N8S. The van der Waals surface area contributed by atoms with E-state index in [4.69, 9.17) is 5.73 Å². The van der Waals surface area contributed by atoms with Crippen LogP contribution in [0.2, 0.25) is 0 Å². The highest BCUT2D eigenvalue weighted by molar-refractivity contribution is 7.09. The molecule has 0 amide bonds. The molecule has 0 atom stereocenters. The first-order valence-electron chi connectivity index (χ1n) is 6.37. The van der Waals surface area contributed by atoms with Crippen LogP contribution in [-0.2, 0) is 6.42 Å². The molecule has 0 aromatic carbocycles. The number of nitrogens with zero attached hydrogens (tertiary/aromatic N) is 6. The van der Waals surface area contributed by atoms with Gasteiger partial charge in [-0.15, -0.1) is 11.3 Å². The standard InChI is InChI=1S/C12H14N8S/c1-8-16-9(7-21-8)3-5-14-11-17-10(13)18-12(19-11)20-6-2-4-15-20/h2,4,6-7H,3,5H2,1H3,(H3,13,14,17,18,19). The number of aromatic nitrogens is 6. The predicted molar refractivity (Wildman–Crippen MR) is 80.4 cm³/mol. The highest BCUT2D eigenvalue weighted by Gasteiger charge is 2.06. The molecule has 0 aliphatic heterocycles. The van der Waals surface area contributed by atoms with E-state index in [2.05, 4.69) is 30.4 Å². The van der Waals surface area contributed by atoms with Gasteiger partial charge in [-0.1, -0.05) is 0 Å². The second-order valence-corrected chi connectivity index (χ2v) is 5.36. The molecule has 21 heavy (non-hydrogen) atoms. The van der Waals surface area contributed by atoms with E-state index in [1.807, 2.05) is 12.3 Å². The van der Waals surface area contributed by atoms with Gasteiger partial charge >= 0.3 is 0 Å². The maximum Gasteiger partial charge on any atom is 0.257 e. The minimum atomic E-state index is 0.155. The average Bonchev–Trinajstić information content (AvgIpc) is 3.10. The molecule has 3 N–H and O–H groups in total. The van der Waals surface area contributed by atoms with Gasteiger partial charge in [-0.25, -0.2) is 9.67 Å². The first-order chi connectivity index (χ1) is 10.2. The second-order valence-electron chi connectivity index (χ2n) is 4.30. The molecule has 0 spiro atoms. The van der Waals surface area contributed by atoms with Crippen molar-refractivity contribution < 1.29 is 0 Å². The minimum absolute atomic E-state index is 0.155. The zero-order chi connectivity index (χ0) is 14.7. The summed E-state index contributed by atoms with van der Waals surface area (Å²) in [6.07, 6.45) is 4.20. The van der Waals surface area contributed by atoms with E-state index in [0.717, 1.165) is 17.1 Å². The topological polar surface area (TPSA) is 107 Å². The van der Waals surface area contributed by atoms with Crippen molar-refractivity contribution in [2.45, 2.75) is 13.3 Å². The maximum absolute atomic E-state index is 5.70. The van der Waals surface area contributed by atoms with Crippen LogP contribution in [0.25, 0.3) is 5.95 Å². The lowest BCUT2D eigenvalue weighted by Gasteiger charge is -2.06. The molecule has 3 heterocycles. The summed E-state index contributed by atoms with van der Waals surface area (Å²) < 4.78 is 1.53. The third-order valence-electron chi connectivity index (χ3n) is 2.68. The van der Waals surface area contributed by atoms with Crippen molar-refractivity contribution in [1.82, 2.24) is 29.7 Å². The zero-order valence-electron chi connectivity index (χ0n) is 11.4. The Bertz CT molecular complexity index is 721. The summed E-state index contributed by atoms with van der Waals surface area (Å²) in [5.74, 6) is 0.974. The van der Waals surface area contributed by atoms with E-state index in [1.54, 1.807) is 29.8 Å². The van der Waals surface area contributed by atoms with Crippen molar-refractivity contribution in [3.05, 3.63) is 34.5 Å². The highest BCUT2D eigenvalue weighted by Crippen LogP contribution is 2.09. The molecule has 3 aromatic heterocycles. The summed E-state index contributed by atoms with van der Waals surface area (Å²) in [5, 5.41) is 10.3. The number of nitrogens with one attached hydrogen (secondary N) is 1. The van der Waals surface area contributed by atoms with E-state index >= 15 is 0 Å². The lowest BCUT2D eigenvalue weighted by Crippen LogP contribution is -2.13. The van der Waals surface area contributed by atoms with Crippen LogP contribution < -0.4 is 11.1 Å². The van der Waals surface area contributed by atoms with Crippen LogP contribution in [0.4, 0.5) is 11.9 Å². The molecule has 0 saturated heterocycles. The molecule has 9 heteroatoms. The molecule has 0 aliphatic rings. The van der Waals surface area contributed by atoms with Crippen molar-refractivity contribution in [3.8, 4) is 5.95 Å². The summed E-state index contributed by atoms with van der Waals surface area (Å²) in [6, 6.07) is 1.79. The first kappa shape index (κ1) is 13.4. The Morgan fingerprint density at radius 3 is 2.90 bits per heavy atom. The fourth-order valence-electron chi connectivity index (χ4n) is 1.77. The van der Waals surface area contributed by atoms with Crippen LogP contribution in [0.3, 0.4) is 0 Å². The Labute approximate surface area is 125 Å². The Kier molecular flexibility index (Phi) is 3.73. The van der Waals surface area contributed by atoms with Gasteiger partial charge in [-0.2, -0.15) is 20.1 Å². The Morgan fingerprint density at radius 2 is 2.19 bits per heavy atom. The zero-order valence-corrected chi connectivity index (χ0v) is 12.2. The van der Waals surface area contributed by atoms with Crippen molar-refractivity contribution in [1.29, 1.82) is 0 Å². The van der Waals surface area contributed by atoms with Gasteiger partial charge in [0.05, 0.1) is 10.7 Å². The molecular weight excluding hydrogens is 288 g/mol. The van der Waals surface area contributed by atoms with Crippen LogP contribution in [0.5, 0.6) is 0 Å². The van der Waals surface area contributed by atoms with Crippen LogP contribution in [-0.4, -0.2) is 36.3 Å². The smallest absolute Gasteiger partial charge is 0.257 e. The van der Waals surface area contributed by atoms with Crippen molar-refractivity contribution in [2.24, 2.45) is 0 Å². The molecule has 108 valence electrons. The molecule has 0 aliphatic carbocycles. The normalized spacial score (nSPS) is 10.7. The third-order valence-corrected chi connectivity index (χ3v) is 3.50. The highest BCUT2D eigenvalue weighted by atomic mass is 32.1. The molecule has 0 radical (unpaired) electrons. The lowest BCUT2D eigenvalue weighted by molar-refractivity contribution is 0.797. The fraction of sp³-hybridized carbons (Fsp3) is 0.250. The molecule has 0 unspecified atom stereocenters. The number of aryl methyl sites for hydroxylation is 1. The Morgan fingerprint density at radius 1 is 1.29 bits per heavy atom. The second kappa shape index (κ2) is 5.83. The number of thiazole rings is 1. The van der Waals surface area contributed by atoms with Gasteiger partial charge in [0.2, 0.25) is 11.9 Å². The number of rotatable bonds is 5. The average molecular weight is 302 g/mol. The van der Waals surface area contributed by atoms with Crippen LogP contribution in [0.15, 0.2) is 23.8 Å². The van der Waals surface area contributed by atoms with E-state index in [0.29, 0.717) is 18.4 Å². The number of anilines is 2. The van der Waals surface area contributed by atoms with Gasteiger partial charge in [-0.05, 0) is 13.0 Å². The maximum atomic E-state index is 5.70. The molecule has 0 bridgehead atoms. The summed E-state index contributed by atoms with van der Waals surface area (Å²) in [7, 11) is 0.